The third-order valence-electron chi connectivity index (χ3n) is 3.89. The van der Waals surface area contributed by atoms with Gasteiger partial charge in [-0.05, 0) is 56.7 Å². The highest BCUT2D eigenvalue weighted by atomic mass is 16.2. The third-order valence-corrected chi connectivity index (χ3v) is 3.89. The number of hydrogen-bond acceptors (Lipinski definition) is 1. The Morgan fingerprint density at radius 1 is 1.29 bits per heavy atom. The van der Waals surface area contributed by atoms with Crippen LogP contribution in [0, 0.1) is 6.92 Å². The summed E-state index contributed by atoms with van der Waals surface area (Å²) in [6.45, 7) is 7.09. The number of benzene rings is 1. The number of fused-ring (bicyclic) bond motifs is 1. The first-order valence-electron chi connectivity index (χ1n) is 6.52. The monoisotopic (exact) mass is 229 g/mol. The number of rotatable bonds is 2. The van der Waals surface area contributed by atoms with Gasteiger partial charge in [0.25, 0.3) is 5.91 Å². The third kappa shape index (κ3) is 1.67. The van der Waals surface area contributed by atoms with Crippen LogP contribution < -0.4 is 0 Å². The number of carbonyl (C=O) groups is 1. The Morgan fingerprint density at radius 3 is 2.59 bits per heavy atom. The number of hydrogen-bond donors (Lipinski definition) is 0. The Bertz CT molecular complexity index is 486. The van der Waals surface area contributed by atoms with E-state index in [0.29, 0.717) is 6.04 Å². The van der Waals surface area contributed by atoms with Crippen molar-refractivity contribution in [3.8, 4) is 0 Å². The molecule has 0 radical (unpaired) electrons. The fourth-order valence-electron chi connectivity index (χ4n) is 2.78. The molecular formula is C15H19NO. The summed E-state index contributed by atoms with van der Waals surface area (Å²) in [5.41, 5.74) is 4.93. The molecule has 1 aromatic carbocycles. The van der Waals surface area contributed by atoms with Gasteiger partial charge in [0.1, 0.15) is 0 Å². The summed E-state index contributed by atoms with van der Waals surface area (Å²) in [5, 5.41) is 0. The van der Waals surface area contributed by atoms with E-state index in [1.807, 2.05) is 4.90 Å². The van der Waals surface area contributed by atoms with Crippen LogP contribution in [-0.4, -0.2) is 16.8 Å². The van der Waals surface area contributed by atoms with E-state index in [2.05, 4.69) is 32.9 Å². The molecule has 0 aromatic heterocycles. The molecule has 2 heteroatoms. The average molecular weight is 229 g/mol. The first-order valence-corrected chi connectivity index (χ1v) is 6.52. The minimum absolute atomic E-state index is 0.223. The lowest BCUT2D eigenvalue weighted by molar-refractivity contribution is 0.0730. The fourth-order valence-corrected chi connectivity index (χ4v) is 2.78. The van der Waals surface area contributed by atoms with Crippen molar-refractivity contribution in [3.63, 3.8) is 0 Å². The van der Waals surface area contributed by atoms with E-state index in [4.69, 9.17) is 0 Å². The minimum Gasteiger partial charge on any atom is -0.332 e. The Morgan fingerprint density at radius 2 is 2.00 bits per heavy atom. The summed E-state index contributed by atoms with van der Waals surface area (Å²) in [6, 6.07) is 4.64. The molecule has 2 aliphatic rings. The second-order valence-corrected chi connectivity index (χ2v) is 5.68. The molecule has 0 unspecified atom stereocenters. The van der Waals surface area contributed by atoms with Crippen LogP contribution in [0.15, 0.2) is 12.1 Å². The van der Waals surface area contributed by atoms with Crippen LogP contribution in [0.5, 0.6) is 0 Å². The Labute approximate surface area is 103 Å². The Hall–Kier alpha value is -1.31. The fraction of sp³-hybridized carbons (Fsp3) is 0.533. The van der Waals surface area contributed by atoms with E-state index < -0.39 is 0 Å². The molecule has 1 aromatic rings. The number of carbonyl (C=O) groups excluding carboxylic acids is 1. The van der Waals surface area contributed by atoms with Crippen LogP contribution in [0.2, 0.25) is 0 Å². The summed E-state index contributed by atoms with van der Waals surface area (Å²) in [4.78, 5) is 14.3. The van der Waals surface area contributed by atoms with Gasteiger partial charge in [0, 0.05) is 18.2 Å². The van der Waals surface area contributed by atoms with Crippen molar-refractivity contribution in [2.24, 2.45) is 0 Å². The molecule has 1 fully saturated rings. The van der Waals surface area contributed by atoms with Gasteiger partial charge in [0.15, 0.2) is 0 Å². The molecule has 3 rings (SSSR count). The quantitative estimate of drug-likeness (QED) is 0.762. The van der Waals surface area contributed by atoms with Crippen molar-refractivity contribution in [2.45, 2.75) is 52.1 Å². The van der Waals surface area contributed by atoms with Gasteiger partial charge in [-0.3, -0.25) is 4.79 Å². The van der Waals surface area contributed by atoms with Gasteiger partial charge in [0.2, 0.25) is 0 Å². The molecule has 2 nitrogen and oxygen atoms in total. The molecule has 1 aliphatic heterocycles. The lowest BCUT2D eigenvalue weighted by Gasteiger charge is -2.20. The minimum atomic E-state index is 0.223. The van der Waals surface area contributed by atoms with E-state index in [9.17, 15) is 4.79 Å². The summed E-state index contributed by atoms with van der Waals surface area (Å²) in [5.74, 6) is 0.948. The molecule has 0 saturated heterocycles. The van der Waals surface area contributed by atoms with Crippen LogP contribution in [0.1, 0.15) is 59.7 Å². The predicted molar refractivity (Wildman–Crippen MR) is 68.2 cm³/mol. The van der Waals surface area contributed by atoms with Crippen molar-refractivity contribution in [1.82, 2.24) is 4.90 Å². The van der Waals surface area contributed by atoms with E-state index in [-0.39, 0.29) is 5.91 Å². The normalized spacial score (nSPS) is 19.1. The van der Waals surface area contributed by atoms with Gasteiger partial charge in [-0.1, -0.05) is 11.6 Å². The predicted octanol–water partition coefficient (Wildman–Crippen LogP) is 3.24. The average Bonchev–Trinajstić information content (AvgIpc) is 3.04. The molecule has 0 atom stereocenters. The summed E-state index contributed by atoms with van der Waals surface area (Å²) in [7, 11) is 0. The highest BCUT2D eigenvalue weighted by Crippen LogP contribution is 2.44. The molecule has 1 amide bonds. The topological polar surface area (TPSA) is 20.3 Å². The second kappa shape index (κ2) is 3.59. The van der Waals surface area contributed by atoms with Gasteiger partial charge >= 0.3 is 0 Å². The van der Waals surface area contributed by atoms with Crippen LogP contribution >= 0.6 is 0 Å². The SMILES string of the molecule is Cc1cc2c(c(C3CC3)c1)CN(C(C)C)C2=O. The largest absolute Gasteiger partial charge is 0.332 e. The van der Waals surface area contributed by atoms with Crippen LogP contribution in [0.25, 0.3) is 0 Å². The Kier molecular flexibility index (Phi) is 2.29. The Balaban J connectivity index is 2.09. The maximum absolute atomic E-state index is 12.3. The van der Waals surface area contributed by atoms with E-state index in [1.54, 1.807) is 0 Å². The van der Waals surface area contributed by atoms with Crippen molar-refractivity contribution in [2.75, 3.05) is 0 Å². The first-order chi connectivity index (χ1) is 8.08. The standard InChI is InChI=1S/C15H19NO/c1-9(2)16-8-14-12(11-4-5-11)6-10(3)7-13(14)15(16)17/h6-7,9,11H,4-5,8H2,1-3H3. The van der Waals surface area contributed by atoms with Crippen LogP contribution in [-0.2, 0) is 6.54 Å². The van der Waals surface area contributed by atoms with Crippen LogP contribution in [0.4, 0.5) is 0 Å². The van der Waals surface area contributed by atoms with Crippen LogP contribution in [0.3, 0.4) is 0 Å². The molecular weight excluding hydrogens is 210 g/mol. The summed E-state index contributed by atoms with van der Waals surface area (Å²) >= 11 is 0. The highest BCUT2D eigenvalue weighted by molar-refractivity contribution is 5.99. The maximum atomic E-state index is 12.3. The molecule has 0 N–H and O–H groups in total. The smallest absolute Gasteiger partial charge is 0.254 e. The van der Waals surface area contributed by atoms with Gasteiger partial charge in [0.05, 0.1) is 0 Å². The lowest BCUT2D eigenvalue weighted by atomic mass is 9.97. The highest BCUT2D eigenvalue weighted by Gasteiger charge is 2.35. The van der Waals surface area contributed by atoms with Gasteiger partial charge in [-0.15, -0.1) is 0 Å². The molecule has 0 bridgehead atoms. The van der Waals surface area contributed by atoms with Gasteiger partial charge < -0.3 is 4.90 Å². The maximum Gasteiger partial charge on any atom is 0.254 e. The zero-order chi connectivity index (χ0) is 12.2. The van der Waals surface area contributed by atoms with E-state index >= 15 is 0 Å². The molecule has 17 heavy (non-hydrogen) atoms. The number of nitrogens with zero attached hydrogens (tertiary/aromatic N) is 1. The molecule has 1 heterocycles. The van der Waals surface area contributed by atoms with Crippen molar-refractivity contribution < 1.29 is 4.79 Å². The van der Waals surface area contributed by atoms with Crippen molar-refractivity contribution >= 4 is 5.91 Å². The number of aryl methyl sites for hydroxylation is 1. The summed E-state index contributed by atoms with van der Waals surface area (Å²) in [6.07, 6.45) is 2.59. The first kappa shape index (κ1) is 10.8. The molecule has 1 saturated carbocycles. The van der Waals surface area contributed by atoms with Crippen molar-refractivity contribution in [3.05, 3.63) is 34.4 Å². The lowest BCUT2D eigenvalue weighted by Crippen LogP contribution is -2.30. The molecule has 0 spiro atoms. The van der Waals surface area contributed by atoms with E-state index in [1.165, 1.54) is 29.5 Å². The van der Waals surface area contributed by atoms with Gasteiger partial charge in [-0.25, -0.2) is 0 Å². The number of amides is 1. The molecule has 90 valence electrons. The molecule has 1 aliphatic carbocycles. The van der Waals surface area contributed by atoms with Crippen molar-refractivity contribution in [1.29, 1.82) is 0 Å². The summed E-state index contributed by atoms with van der Waals surface area (Å²) < 4.78 is 0. The van der Waals surface area contributed by atoms with E-state index in [0.717, 1.165) is 18.0 Å². The second-order valence-electron chi connectivity index (χ2n) is 5.68. The zero-order valence-electron chi connectivity index (χ0n) is 10.8. The zero-order valence-corrected chi connectivity index (χ0v) is 10.8. The van der Waals surface area contributed by atoms with Gasteiger partial charge in [-0.2, -0.15) is 0 Å².